The van der Waals surface area contributed by atoms with Gasteiger partial charge in [0.25, 0.3) is 0 Å². The van der Waals surface area contributed by atoms with Crippen molar-refractivity contribution < 1.29 is 23.0 Å². The van der Waals surface area contributed by atoms with E-state index in [-0.39, 0.29) is 24.0 Å². The summed E-state index contributed by atoms with van der Waals surface area (Å²) in [5.74, 6) is 0.103. The highest BCUT2D eigenvalue weighted by Gasteiger charge is 2.19. The van der Waals surface area contributed by atoms with Gasteiger partial charge >= 0.3 is 6.61 Å². The van der Waals surface area contributed by atoms with Gasteiger partial charge in [0.2, 0.25) is 5.91 Å². The van der Waals surface area contributed by atoms with Gasteiger partial charge in [-0.25, -0.2) is 0 Å². The number of methoxy groups -OCH3 is 1. The standard InChI is InChI=1S/C22H27F2N3O3/c1-29-20-13-18(7-8-19(20)30-22(23)24)14-25-21(28)16-27-11-9-26(10-12-27)15-17-5-3-2-4-6-17/h2-8,13,22H,9-12,14-16H2,1H3,(H,25,28). The first-order valence-electron chi connectivity index (χ1n) is 9.90. The molecule has 30 heavy (non-hydrogen) atoms. The maximum Gasteiger partial charge on any atom is 0.387 e. The SMILES string of the molecule is COc1cc(CNC(=O)CN2CCN(Cc3ccccc3)CC2)ccc1OC(F)F. The minimum Gasteiger partial charge on any atom is -0.493 e. The summed E-state index contributed by atoms with van der Waals surface area (Å²) in [4.78, 5) is 16.8. The van der Waals surface area contributed by atoms with Crippen molar-refractivity contribution in [2.24, 2.45) is 0 Å². The predicted octanol–water partition coefficient (Wildman–Crippen LogP) is 2.73. The molecule has 8 heteroatoms. The van der Waals surface area contributed by atoms with E-state index in [1.807, 2.05) is 18.2 Å². The smallest absolute Gasteiger partial charge is 0.387 e. The maximum atomic E-state index is 12.4. The first kappa shape index (κ1) is 22.0. The first-order valence-corrected chi connectivity index (χ1v) is 9.90. The lowest BCUT2D eigenvalue weighted by atomic mass is 10.2. The number of carbonyl (C=O) groups is 1. The van der Waals surface area contributed by atoms with Crippen LogP contribution in [0.3, 0.4) is 0 Å². The van der Waals surface area contributed by atoms with Crippen LogP contribution in [0.15, 0.2) is 48.5 Å². The molecule has 1 N–H and O–H groups in total. The minimum absolute atomic E-state index is 0.0315. The summed E-state index contributed by atoms with van der Waals surface area (Å²) in [6.45, 7) is 2.16. The van der Waals surface area contributed by atoms with Crippen LogP contribution in [0.4, 0.5) is 8.78 Å². The Morgan fingerprint density at radius 2 is 1.70 bits per heavy atom. The number of ether oxygens (including phenoxy) is 2. The van der Waals surface area contributed by atoms with Crippen LogP contribution in [0.1, 0.15) is 11.1 Å². The summed E-state index contributed by atoms with van der Waals surface area (Å²) in [7, 11) is 1.38. The van der Waals surface area contributed by atoms with Crippen LogP contribution in [-0.2, 0) is 17.9 Å². The summed E-state index contributed by atoms with van der Waals surface area (Å²) in [6.07, 6.45) is 0. The molecule has 1 heterocycles. The molecule has 0 saturated carbocycles. The Morgan fingerprint density at radius 3 is 2.37 bits per heavy atom. The Hall–Kier alpha value is -2.71. The van der Waals surface area contributed by atoms with Gasteiger partial charge in [0, 0.05) is 39.3 Å². The van der Waals surface area contributed by atoms with E-state index in [1.165, 1.54) is 18.7 Å². The molecule has 2 aromatic carbocycles. The molecule has 3 rings (SSSR count). The largest absolute Gasteiger partial charge is 0.493 e. The number of hydrogen-bond donors (Lipinski definition) is 1. The Balaban J connectivity index is 1.41. The van der Waals surface area contributed by atoms with E-state index < -0.39 is 6.61 Å². The number of piperazine rings is 1. The highest BCUT2D eigenvalue weighted by Crippen LogP contribution is 2.29. The summed E-state index contributed by atoms with van der Waals surface area (Å²) in [6, 6.07) is 15.0. The lowest BCUT2D eigenvalue weighted by Crippen LogP contribution is -2.49. The normalized spacial score (nSPS) is 15.2. The fourth-order valence-corrected chi connectivity index (χ4v) is 3.42. The van der Waals surface area contributed by atoms with Crippen molar-refractivity contribution in [2.45, 2.75) is 19.7 Å². The van der Waals surface area contributed by atoms with Crippen molar-refractivity contribution in [3.05, 3.63) is 59.7 Å². The zero-order chi connectivity index (χ0) is 21.3. The van der Waals surface area contributed by atoms with Gasteiger partial charge in [-0.1, -0.05) is 36.4 Å². The molecule has 2 aromatic rings. The number of rotatable bonds is 9. The Labute approximate surface area is 175 Å². The van der Waals surface area contributed by atoms with Crippen LogP contribution in [-0.4, -0.2) is 62.2 Å². The lowest BCUT2D eigenvalue weighted by molar-refractivity contribution is -0.122. The quantitative estimate of drug-likeness (QED) is 0.678. The average molecular weight is 419 g/mol. The van der Waals surface area contributed by atoms with Crippen molar-refractivity contribution >= 4 is 5.91 Å². The van der Waals surface area contributed by atoms with Gasteiger partial charge in [-0.3, -0.25) is 14.6 Å². The van der Waals surface area contributed by atoms with Crippen LogP contribution >= 0.6 is 0 Å². The molecular formula is C22H27F2N3O3. The second-order valence-electron chi connectivity index (χ2n) is 7.18. The van der Waals surface area contributed by atoms with E-state index in [0.717, 1.165) is 38.3 Å². The summed E-state index contributed by atoms with van der Waals surface area (Å²) >= 11 is 0. The third kappa shape index (κ3) is 6.67. The summed E-state index contributed by atoms with van der Waals surface area (Å²) in [5, 5.41) is 2.87. The lowest BCUT2D eigenvalue weighted by Gasteiger charge is -2.34. The first-order chi connectivity index (χ1) is 14.5. The molecule has 0 spiro atoms. The van der Waals surface area contributed by atoms with E-state index in [9.17, 15) is 13.6 Å². The molecule has 0 radical (unpaired) electrons. The number of carbonyl (C=O) groups excluding carboxylic acids is 1. The van der Waals surface area contributed by atoms with Crippen molar-refractivity contribution in [3.8, 4) is 11.5 Å². The number of halogens is 2. The number of benzene rings is 2. The molecule has 0 aliphatic carbocycles. The number of hydrogen-bond acceptors (Lipinski definition) is 5. The highest BCUT2D eigenvalue weighted by atomic mass is 19.3. The second kappa shape index (κ2) is 10.9. The number of nitrogens with one attached hydrogen (secondary N) is 1. The van der Waals surface area contributed by atoms with Crippen LogP contribution < -0.4 is 14.8 Å². The zero-order valence-electron chi connectivity index (χ0n) is 17.0. The van der Waals surface area contributed by atoms with E-state index >= 15 is 0 Å². The van der Waals surface area contributed by atoms with E-state index in [1.54, 1.807) is 12.1 Å². The maximum absolute atomic E-state index is 12.4. The molecule has 6 nitrogen and oxygen atoms in total. The molecule has 0 atom stereocenters. The zero-order valence-corrected chi connectivity index (χ0v) is 17.0. The Morgan fingerprint density at radius 1 is 1.00 bits per heavy atom. The predicted molar refractivity (Wildman–Crippen MR) is 110 cm³/mol. The van der Waals surface area contributed by atoms with Crippen molar-refractivity contribution in [1.82, 2.24) is 15.1 Å². The molecule has 0 aromatic heterocycles. The summed E-state index contributed by atoms with van der Waals surface area (Å²) in [5.41, 5.74) is 2.04. The van der Waals surface area contributed by atoms with Gasteiger partial charge in [-0.15, -0.1) is 0 Å². The van der Waals surface area contributed by atoms with Gasteiger partial charge in [-0.05, 0) is 23.3 Å². The topological polar surface area (TPSA) is 54.0 Å². The number of amides is 1. The summed E-state index contributed by atoms with van der Waals surface area (Å²) < 4.78 is 34.3. The third-order valence-electron chi connectivity index (χ3n) is 5.01. The molecule has 1 aliphatic rings. The fraction of sp³-hybridized carbons (Fsp3) is 0.409. The number of nitrogens with zero attached hydrogens (tertiary/aromatic N) is 2. The molecule has 162 valence electrons. The van der Waals surface area contributed by atoms with Crippen LogP contribution in [0, 0.1) is 0 Å². The molecule has 1 amide bonds. The molecular weight excluding hydrogens is 392 g/mol. The van der Waals surface area contributed by atoms with Crippen LogP contribution in [0.25, 0.3) is 0 Å². The monoisotopic (exact) mass is 419 g/mol. The average Bonchev–Trinajstić information content (AvgIpc) is 2.75. The second-order valence-corrected chi connectivity index (χ2v) is 7.18. The van der Waals surface area contributed by atoms with Gasteiger partial charge in [0.1, 0.15) is 0 Å². The number of alkyl halides is 2. The van der Waals surface area contributed by atoms with Gasteiger partial charge in [-0.2, -0.15) is 8.78 Å². The van der Waals surface area contributed by atoms with Crippen LogP contribution in [0.5, 0.6) is 11.5 Å². The van der Waals surface area contributed by atoms with E-state index in [4.69, 9.17) is 4.74 Å². The van der Waals surface area contributed by atoms with Gasteiger partial charge < -0.3 is 14.8 Å². The minimum atomic E-state index is -2.92. The van der Waals surface area contributed by atoms with Crippen molar-refractivity contribution in [2.75, 3.05) is 39.8 Å². The van der Waals surface area contributed by atoms with Crippen LogP contribution in [0.2, 0.25) is 0 Å². The Kier molecular flexibility index (Phi) is 7.98. The molecule has 1 saturated heterocycles. The molecule has 0 bridgehead atoms. The third-order valence-corrected chi connectivity index (χ3v) is 5.01. The molecule has 1 aliphatic heterocycles. The van der Waals surface area contributed by atoms with Crippen molar-refractivity contribution in [3.63, 3.8) is 0 Å². The molecule has 1 fully saturated rings. The van der Waals surface area contributed by atoms with E-state index in [0.29, 0.717) is 6.54 Å². The molecule has 0 unspecified atom stereocenters. The van der Waals surface area contributed by atoms with E-state index in [2.05, 4.69) is 32.0 Å². The Bertz CT molecular complexity index is 813. The fourth-order valence-electron chi connectivity index (χ4n) is 3.42. The van der Waals surface area contributed by atoms with Crippen molar-refractivity contribution in [1.29, 1.82) is 0 Å². The highest BCUT2D eigenvalue weighted by molar-refractivity contribution is 5.78. The van der Waals surface area contributed by atoms with Gasteiger partial charge in [0.05, 0.1) is 13.7 Å². The van der Waals surface area contributed by atoms with Gasteiger partial charge in [0.15, 0.2) is 11.5 Å².